The molecule has 8 heteroatoms. The Labute approximate surface area is 257 Å². The van der Waals surface area contributed by atoms with Crippen LogP contribution in [0.3, 0.4) is 0 Å². The number of ether oxygens (including phenoxy) is 2. The van der Waals surface area contributed by atoms with Crippen LogP contribution in [0.1, 0.15) is 82.6 Å². The number of aliphatic hydroxyl groups is 1. The zero-order valence-electron chi connectivity index (χ0n) is 30.0. The fourth-order valence-corrected chi connectivity index (χ4v) is 9.11. The Hall–Kier alpha value is 0.0106. The first-order valence-electron chi connectivity index (χ1n) is 16.1. The largest absolute Gasteiger partial charge is 0.413 e. The Kier molecular flexibility index (Phi) is 11.3. The van der Waals surface area contributed by atoms with Gasteiger partial charge in [0.2, 0.25) is 0 Å². The van der Waals surface area contributed by atoms with Gasteiger partial charge in [-0.15, -0.1) is 5.54 Å². The summed E-state index contributed by atoms with van der Waals surface area (Å²) < 4.78 is 28.6. The summed E-state index contributed by atoms with van der Waals surface area (Å²) in [6, 6.07) is 0. The lowest BCUT2D eigenvalue weighted by Gasteiger charge is -2.59. The molecule has 0 unspecified atom stereocenters. The first-order valence-corrected chi connectivity index (χ1v) is 25.4. The molecular weight excluding hydrogens is 561 g/mol. The second-order valence-corrected chi connectivity index (χ2v) is 31.9. The number of aliphatic hydroxyl groups excluding tert-OH is 1. The van der Waals surface area contributed by atoms with E-state index >= 15 is 0 Å². The summed E-state index contributed by atoms with van der Waals surface area (Å²) in [5.74, 6) is 2.70. The summed E-state index contributed by atoms with van der Waals surface area (Å²) >= 11 is 0. The van der Waals surface area contributed by atoms with Gasteiger partial charge < -0.3 is 23.4 Å². The van der Waals surface area contributed by atoms with E-state index in [1.807, 2.05) is 0 Å². The topological polar surface area (TPSA) is 57.2 Å². The lowest BCUT2D eigenvalue weighted by Crippen LogP contribution is -2.68. The maximum absolute atomic E-state index is 11.6. The third-order valence-electron chi connectivity index (χ3n) is 10.5. The monoisotopic (exact) mass is 626 g/mol. The summed E-state index contributed by atoms with van der Waals surface area (Å²) in [4.78, 5) is 0. The van der Waals surface area contributed by atoms with E-state index in [9.17, 15) is 5.11 Å². The van der Waals surface area contributed by atoms with Crippen molar-refractivity contribution in [3.63, 3.8) is 0 Å². The van der Waals surface area contributed by atoms with Gasteiger partial charge in [0.05, 0.1) is 18.3 Å². The molecule has 2 fully saturated rings. The minimum Gasteiger partial charge on any atom is -0.413 e. The van der Waals surface area contributed by atoms with Gasteiger partial charge in [0.25, 0.3) is 0 Å². The third kappa shape index (κ3) is 8.39. The van der Waals surface area contributed by atoms with E-state index in [1.165, 1.54) is 0 Å². The third-order valence-corrected chi connectivity index (χ3v) is 20.4. The van der Waals surface area contributed by atoms with E-state index in [1.54, 1.807) is 0 Å². The summed E-state index contributed by atoms with van der Waals surface area (Å²) in [5, 5.41) is 11.7. The van der Waals surface area contributed by atoms with Crippen LogP contribution in [-0.4, -0.2) is 66.1 Å². The number of rotatable bonds is 6. The zero-order chi connectivity index (χ0) is 32.1. The molecule has 0 aliphatic carbocycles. The Morgan fingerprint density at radius 1 is 0.780 bits per heavy atom. The van der Waals surface area contributed by atoms with Crippen LogP contribution in [0.25, 0.3) is 0 Å². The van der Waals surface area contributed by atoms with E-state index in [2.05, 4.69) is 133 Å². The Morgan fingerprint density at radius 2 is 1.24 bits per heavy atom. The highest BCUT2D eigenvalue weighted by molar-refractivity contribution is 6.83. The van der Waals surface area contributed by atoms with Gasteiger partial charge in [-0.3, -0.25) is 0 Å². The molecule has 2 aliphatic heterocycles. The fourth-order valence-electron chi connectivity index (χ4n) is 5.67. The van der Waals surface area contributed by atoms with Gasteiger partial charge in [-0.2, -0.15) is 0 Å². The molecule has 0 bridgehead atoms. The standard InChI is InChI=1S/C33H66O5Si3/c1-22(2)28-23(3)27(37-40(15,16)31(6,7)8)21-33(35-28)25(5)29(38-41(17,18)32(9,10)11)24(4)30(36-33)26(34)19-20-39(12,13)14/h22-30,34H,21H2,1-18H3/t23-,24-,25-,26-,27+,28+,29+,30+,33-/m0/s1. The molecule has 1 N–H and O–H groups in total. The normalized spacial score (nSPS) is 34.9. The maximum atomic E-state index is 11.6. The van der Waals surface area contributed by atoms with Crippen LogP contribution in [0, 0.1) is 35.1 Å². The molecule has 2 heterocycles. The van der Waals surface area contributed by atoms with Crippen molar-refractivity contribution < 1.29 is 23.4 Å². The second kappa shape index (κ2) is 12.4. The van der Waals surface area contributed by atoms with Crippen LogP contribution >= 0.6 is 0 Å². The quantitative estimate of drug-likeness (QED) is 0.237. The second-order valence-electron chi connectivity index (χ2n) is 17.7. The lowest BCUT2D eigenvalue weighted by atomic mass is 9.73. The van der Waals surface area contributed by atoms with Gasteiger partial charge >= 0.3 is 0 Å². The average Bonchev–Trinajstić information content (AvgIpc) is 2.77. The predicted molar refractivity (Wildman–Crippen MR) is 181 cm³/mol. The molecular formula is C33H66O5Si3. The van der Waals surface area contributed by atoms with Gasteiger partial charge in [-0.05, 0) is 42.2 Å². The molecule has 0 saturated carbocycles. The summed E-state index contributed by atoms with van der Waals surface area (Å²) in [5.41, 5.74) is 3.39. The molecule has 0 aromatic heterocycles. The smallest absolute Gasteiger partial charge is 0.192 e. The van der Waals surface area contributed by atoms with Gasteiger partial charge in [0.1, 0.15) is 20.3 Å². The van der Waals surface area contributed by atoms with Gasteiger partial charge in [0, 0.05) is 24.2 Å². The molecule has 2 saturated heterocycles. The molecule has 2 rings (SSSR count). The molecule has 0 aromatic rings. The fraction of sp³-hybridized carbons (Fsp3) is 0.939. The molecule has 240 valence electrons. The molecule has 5 nitrogen and oxygen atoms in total. The van der Waals surface area contributed by atoms with E-state index in [4.69, 9.17) is 18.3 Å². The van der Waals surface area contributed by atoms with Crippen molar-refractivity contribution in [3.05, 3.63) is 0 Å². The minimum atomic E-state index is -2.15. The van der Waals surface area contributed by atoms with E-state index in [0.29, 0.717) is 6.42 Å². The summed E-state index contributed by atoms with van der Waals surface area (Å²) in [6.07, 6.45) is -0.972. The first-order chi connectivity index (χ1) is 18.2. The van der Waals surface area contributed by atoms with Crippen molar-refractivity contribution in [2.24, 2.45) is 23.7 Å². The van der Waals surface area contributed by atoms with Crippen LogP contribution in [0.15, 0.2) is 0 Å². The van der Waals surface area contributed by atoms with Crippen molar-refractivity contribution in [1.29, 1.82) is 0 Å². The van der Waals surface area contributed by atoms with Crippen molar-refractivity contribution in [1.82, 2.24) is 0 Å². The number of hydrogen-bond donors (Lipinski definition) is 1. The van der Waals surface area contributed by atoms with Crippen LogP contribution in [0.4, 0.5) is 0 Å². The van der Waals surface area contributed by atoms with E-state index in [0.717, 1.165) is 0 Å². The van der Waals surface area contributed by atoms with Crippen molar-refractivity contribution >= 4 is 24.7 Å². The highest BCUT2D eigenvalue weighted by Gasteiger charge is 2.61. The molecule has 0 aromatic carbocycles. The van der Waals surface area contributed by atoms with E-state index in [-0.39, 0.29) is 52.1 Å². The molecule has 2 aliphatic rings. The zero-order valence-corrected chi connectivity index (χ0v) is 33.0. The Morgan fingerprint density at radius 3 is 1.68 bits per heavy atom. The van der Waals surface area contributed by atoms with Crippen LogP contribution in [-0.2, 0) is 18.3 Å². The first kappa shape index (κ1) is 37.2. The van der Waals surface area contributed by atoms with Crippen LogP contribution < -0.4 is 0 Å². The summed E-state index contributed by atoms with van der Waals surface area (Å²) in [6.45, 7) is 40.8. The van der Waals surface area contributed by atoms with Crippen molar-refractivity contribution in [3.8, 4) is 11.5 Å². The number of hydrogen-bond acceptors (Lipinski definition) is 5. The highest BCUT2D eigenvalue weighted by atomic mass is 28.4. The van der Waals surface area contributed by atoms with Gasteiger partial charge in [-0.1, -0.05) is 102 Å². The SMILES string of the molecule is CC(C)[C@H]1O[C@@]2(C[C@@H](O[Si](C)(C)C(C)(C)C)[C@@H]1C)O[C@@H]([C@@H](O)C#C[Si](C)(C)C)[C@@H](C)[C@@H](O[Si](C)(C)C(C)(C)C)[C@@H]2C. The average molecular weight is 627 g/mol. The predicted octanol–water partition coefficient (Wildman–Crippen LogP) is 8.46. The van der Waals surface area contributed by atoms with Gasteiger partial charge in [-0.25, -0.2) is 0 Å². The molecule has 41 heavy (non-hydrogen) atoms. The highest BCUT2D eigenvalue weighted by Crippen LogP contribution is 2.52. The van der Waals surface area contributed by atoms with Gasteiger partial charge in [0.15, 0.2) is 22.4 Å². The van der Waals surface area contributed by atoms with Crippen LogP contribution in [0.5, 0.6) is 0 Å². The lowest BCUT2D eigenvalue weighted by molar-refractivity contribution is -0.387. The minimum absolute atomic E-state index is 0.00715. The van der Waals surface area contributed by atoms with Crippen molar-refractivity contribution in [2.45, 2.75) is 175 Å². The molecule has 0 radical (unpaired) electrons. The molecule has 1 spiro atoms. The van der Waals surface area contributed by atoms with E-state index < -0.39 is 42.7 Å². The Bertz CT molecular complexity index is 949. The Balaban J connectivity index is 2.68. The maximum Gasteiger partial charge on any atom is 0.192 e. The van der Waals surface area contributed by atoms with Crippen LogP contribution in [0.2, 0.25) is 55.9 Å². The summed E-state index contributed by atoms with van der Waals surface area (Å²) in [7, 11) is -5.90. The molecule has 9 atom stereocenters. The van der Waals surface area contributed by atoms with Crippen molar-refractivity contribution in [2.75, 3.05) is 0 Å². The molecule has 0 amide bonds.